The fourth-order valence-electron chi connectivity index (χ4n) is 2.07. The van der Waals surface area contributed by atoms with E-state index in [2.05, 4.69) is 23.9 Å². The van der Waals surface area contributed by atoms with Gasteiger partial charge in [-0.15, -0.1) is 0 Å². The van der Waals surface area contributed by atoms with E-state index in [-0.39, 0.29) is 10.8 Å². The summed E-state index contributed by atoms with van der Waals surface area (Å²) in [7, 11) is 0.284. The maximum atomic E-state index is 12.3. The summed E-state index contributed by atoms with van der Waals surface area (Å²) in [5, 5.41) is 2.81. The molecule has 0 aromatic heterocycles. The van der Waals surface area contributed by atoms with Gasteiger partial charge in [0.15, 0.2) is 0 Å². The molecule has 0 aliphatic carbocycles. The van der Waals surface area contributed by atoms with Crippen molar-refractivity contribution < 1.29 is 13.2 Å². The van der Waals surface area contributed by atoms with Crippen LogP contribution in [0.4, 0.5) is 0 Å². The fourth-order valence-corrected chi connectivity index (χ4v) is 3.19. The third kappa shape index (κ3) is 7.42. The van der Waals surface area contributed by atoms with Crippen molar-refractivity contribution in [1.29, 1.82) is 0 Å². The van der Waals surface area contributed by atoms with Crippen molar-refractivity contribution in [3.05, 3.63) is 29.8 Å². The van der Waals surface area contributed by atoms with E-state index >= 15 is 0 Å². The zero-order valence-corrected chi connectivity index (χ0v) is 15.8. The standard InChI is InChI=1S/C17H29N3O3S/c1-14(2)9-11-18-17(21)15-7-5-8-16(13-15)24(22,23)19-10-6-12-20(3)4/h5,7-8,13-14,19H,6,9-12H2,1-4H3,(H,18,21). The second-order valence-corrected chi connectivity index (χ2v) is 8.29. The summed E-state index contributed by atoms with van der Waals surface area (Å²) in [5.74, 6) is 0.253. The molecule has 136 valence electrons. The van der Waals surface area contributed by atoms with E-state index in [1.54, 1.807) is 12.1 Å². The minimum absolute atomic E-state index is 0.115. The van der Waals surface area contributed by atoms with Gasteiger partial charge in [0.2, 0.25) is 10.0 Å². The highest BCUT2D eigenvalue weighted by molar-refractivity contribution is 7.89. The molecule has 0 heterocycles. The van der Waals surface area contributed by atoms with E-state index in [9.17, 15) is 13.2 Å². The highest BCUT2D eigenvalue weighted by atomic mass is 32.2. The first kappa shape index (κ1) is 20.6. The number of nitrogens with zero attached hydrogens (tertiary/aromatic N) is 1. The van der Waals surface area contributed by atoms with Gasteiger partial charge in [-0.3, -0.25) is 4.79 Å². The van der Waals surface area contributed by atoms with Crippen LogP contribution in [-0.4, -0.2) is 53.0 Å². The summed E-state index contributed by atoms with van der Waals surface area (Å²) in [6.45, 7) is 5.92. The molecule has 0 spiro atoms. The Morgan fingerprint density at radius 1 is 1.21 bits per heavy atom. The number of carbonyl (C=O) groups excluding carboxylic acids is 1. The first-order valence-electron chi connectivity index (χ1n) is 8.25. The zero-order valence-electron chi connectivity index (χ0n) is 15.0. The third-order valence-electron chi connectivity index (χ3n) is 3.49. The molecule has 0 bridgehead atoms. The van der Waals surface area contributed by atoms with Crippen LogP contribution in [0.1, 0.15) is 37.0 Å². The summed E-state index contributed by atoms with van der Waals surface area (Å²) < 4.78 is 27.2. The number of sulfonamides is 1. The van der Waals surface area contributed by atoms with Crippen LogP contribution in [0.5, 0.6) is 0 Å². The van der Waals surface area contributed by atoms with Gasteiger partial charge in [-0.25, -0.2) is 13.1 Å². The molecule has 0 saturated heterocycles. The molecule has 0 atom stereocenters. The molecule has 0 radical (unpaired) electrons. The van der Waals surface area contributed by atoms with Crippen LogP contribution in [0.15, 0.2) is 29.2 Å². The van der Waals surface area contributed by atoms with Crippen molar-refractivity contribution >= 4 is 15.9 Å². The Morgan fingerprint density at radius 3 is 2.54 bits per heavy atom. The molecule has 0 unspecified atom stereocenters. The second kappa shape index (κ2) is 9.76. The monoisotopic (exact) mass is 355 g/mol. The van der Waals surface area contributed by atoms with E-state index in [1.165, 1.54) is 12.1 Å². The maximum absolute atomic E-state index is 12.3. The van der Waals surface area contributed by atoms with Crippen LogP contribution >= 0.6 is 0 Å². The molecule has 1 aromatic rings. The Hall–Kier alpha value is -1.44. The van der Waals surface area contributed by atoms with Crippen molar-refractivity contribution in [1.82, 2.24) is 14.9 Å². The largest absolute Gasteiger partial charge is 0.352 e. The van der Waals surface area contributed by atoms with Gasteiger partial charge in [-0.05, 0) is 57.6 Å². The average Bonchev–Trinajstić information content (AvgIpc) is 2.51. The molecule has 0 aliphatic rings. The Morgan fingerprint density at radius 2 is 1.92 bits per heavy atom. The number of benzene rings is 1. The first-order chi connectivity index (χ1) is 11.2. The quantitative estimate of drug-likeness (QED) is 0.626. The van der Waals surface area contributed by atoms with Gasteiger partial charge >= 0.3 is 0 Å². The van der Waals surface area contributed by atoms with Crippen molar-refractivity contribution in [2.24, 2.45) is 5.92 Å². The number of carbonyl (C=O) groups is 1. The summed E-state index contributed by atoms with van der Waals surface area (Å²) in [4.78, 5) is 14.2. The normalized spacial score (nSPS) is 11.9. The molecule has 6 nitrogen and oxygen atoms in total. The molecule has 0 saturated carbocycles. The van der Waals surface area contributed by atoms with Gasteiger partial charge < -0.3 is 10.2 Å². The summed E-state index contributed by atoms with van der Waals surface area (Å²) >= 11 is 0. The summed E-state index contributed by atoms with van der Waals surface area (Å²) in [6.07, 6.45) is 1.61. The van der Waals surface area contributed by atoms with Gasteiger partial charge in [0.1, 0.15) is 0 Å². The summed E-state index contributed by atoms with van der Waals surface area (Å²) in [5.41, 5.74) is 0.356. The lowest BCUT2D eigenvalue weighted by Crippen LogP contribution is -2.28. The number of hydrogen-bond acceptors (Lipinski definition) is 4. The smallest absolute Gasteiger partial charge is 0.251 e. The van der Waals surface area contributed by atoms with Gasteiger partial charge in [0, 0.05) is 18.7 Å². The van der Waals surface area contributed by atoms with Crippen LogP contribution in [-0.2, 0) is 10.0 Å². The van der Waals surface area contributed by atoms with Crippen molar-refractivity contribution in [2.45, 2.75) is 31.6 Å². The molecule has 1 amide bonds. The average molecular weight is 356 g/mol. The van der Waals surface area contributed by atoms with E-state index in [0.29, 0.717) is 24.6 Å². The van der Waals surface area contributed by atoms with E-state index in [0.717, 1.165) is 19.4 Å². The van der Waals surface area contributed by atoms with Gasteiger partial charge in [-0.1, -0.05) is 19.9 Å². The molecule has 0 fully saturated rings. The first-order valence-corrected chi connectivity index (χ1v) is 9.73. The van der Waals surface area contributed by atoms with E-state index < -0.39 is 10.0 Å². The number of nitrogens with one attached hydrogen (secondary N) is 2. The highest BCUT2D eigenvalue weighted by Crippen LogP contribution is 2.11. The number of rotatable bonds is 10. The molecule has 1 aromatic carbocycles. The molecule has 7 heteroatoms. The second-order valence-electron chi connectivity index (χ2n) is 6.52. The van der Waals surface area contributed by atoms with Crippen LogP contribution in [0, 0.1) is 5.92 Å². The highest BCUT2D eigenvalue weighted by Gasteiger charge is 2.15. The molecular formula is C17H29N3O3S. The van der Waals surface area contributed by atoms with Crippen LogP contribution in [0.25, 0.3) is 0 Å². The predicted octanol–water partition coefficient (Wildman–Crippen LogP) is 1.69. The van der Waals surface area contributed by atoms with Crippen LogP contribution in [0.3, 0.4) is 0 Å². The van der Waals surface area contributed by atoms with Gasteiger partial charge in [-0.2, -0.15) is 0 Å². The lowest BCUT2D eigenvalue weighted by atomic mass is 10.1. The number of hydrogen-bond donors (Lipinski definition) is 2. The molecule has 24 heavy (non-hydrogen) atoms. The Kier molecular flexibility index (Phi) is 8.38. The summed E-state index contributed by atoms with van der Waals surface area (Å²) in [6, 6.07) is 6.12. The third-order valence-corrected chi connectivity index (χ3v) is 4.95. The van der Waals surface area contributed by atoms with E-state index in [1.807, 2.05) is 19.0 Å². The van der Waals surface area contributed by atoms with Crippen molar-refractivity contribution in [3.8, 4) is 0 Å². The van der Waals surface area contributed by atoms with E-state index in [4.69, 9.17) is 0 Å². The lowest BCUT2D eigenvalue weighted by Gasteiger charge is -2.11. The van der Waals surface area contributed by atoms with Crippen LogP contribution in [0.2, 0.25) is 0 Å². The Balaban J connectivity index is 2.67. The SMILES string of the molecule is CC(C)CCNC(=O)c1cccc(S(=O)(=O)NCCCN(C)C)c1. The van der Waals surface area contributed by atoms with Gasteiger partial charge in [0.05, 0.1) is 4.90 Å². The molecule has 1 rings (SSSR count). The molecular weight excluding hydrogens is 326 g/mol. The maximum Gasteiger partial charge on any atom is 0.251 e. The van der Waals surface area contributed by atoms with Gasteiger partial charge in [0.25, 0.3) is 5.91 Å². The molecule has 0 aliphatic heterocycles. The minimum Gasteiger partial charge on any atom is -0.352 e. The zero-order chi connectivity index (χ0) is 18.2. The molecule has 2 N–H and O–H groups in total. The topological polar surface area (TPSA) is 78.5 Å². The fraction of sp³-hybridized carbons (Fsp3) is 0.588. The Labute approximate surface area is 145 Å². The predicted molar refractivity (Wildman–Crippen MR) is 96.6 cm³/mol. The van der Waals surface area contributed by atoms with Crippen LogP contribution < -0.4 is 10.0 Å². The number of amides is 1. The van der Waals surface area contributed by atoms with Crippen molar-refractivity contribution in [3.63, 3.8) is 0 Å². The van der Waals surface area contributed by atoms with Crippen molar-refractivity contribution in [2.75, 3.05) is 33.7 Å². The lowest BCUT2D eigenvalue weighted by molar-refractivity contribution is 0.0952. The minimum atomic E-state index is -3.60. The Bertz CT molecular complexity index is 628.